The highest BCUT2D eigenvalue weighted by molar-refractivity contribution is 5.91. The van der Waals surface area contributed by atoms with E-state index in [1.807, 2.05) is 18.2 Å². The second kappa shape index (κ2) is 5.51. The number of nitrogens with one attached hydrogen (secondary N) is 2. The fourth-order valence-corrected chi connectivity index (χ4v) is 2.59. The predicted octanol–water partition coefficient (Wildman–Crippen LogP) is 2.73. The summed E-state index contributed by atoms with van der Waals surface area (Å²) < 4.78 is 5.56. The molecule has 0 bridgehead atoms. The second-order valence-electron chi connectivity index (χ2n) is 5.01. The van der Waals surface area contributed by atoms with Gasteiger partial charge in [0.1, 0.15) is 5.76 Å². The first-order chi connectivity index (χ1) is 9.78. The average Bonchev–Trinajstić information content (AvgIpc) is 3.18. The number of hydrogen-bond acceptors (Lipinski definition) is 3. The molecule has 0 radical (unpaired) electrons. The van der Waals surface area contributed by atoms with Crippen LogP contribution in [0.25, 0.3) is 11.3 Å². The molecule has 1 fully saturated rings. The molecule has 2 aromatic rings. The van der Waals surface area contributed by atoms with Gasteiger partial charge in [-0.1, -0.05) is 24.3 Å². The lowest BCUT2D eigenvalue weighted by Gasteiger charge is -2.10. The zero-order chi connectivity index (χ0) is 13.9. The molecule has 0 unspecified atom stereocenters. The lowest BCUT2D eigenvalue weighted by atomic mass is 10.0. The van der Waals surface area contributed by atoms with Crippen molar-refractivity contribution in [2.75, 3.05) is 13.6 Å². The lowest BCUT2D eigenvalue weighted by molar-refractivity contribution is 0.0936. The third-order valence-electron chi connectivity index (χ3n) is 3.71. The Balaban J connectivity index is 1.80. The van der Waals surface area contributed by atoms with Crippen molar-refractivity contribution in [3.8, 4) is 11.3 Å². The number of furan rings is 1. The van der Waals surface area contributed by atoms with Crippen LogP contribution in [-0.4, -0.2) is 19.5 Å². The molecule has 20 heavy (non-hydrogen) atoms. The van der Waals surface area contributed by atoms with Crippen LogP contribution in [0.3, 0.4) is 0 Å². The van der Waals surface area contributed by atoms with Crippen molar-refractivity contribution >= 4 is 5.91 Å². The van der Waals surface area contributed by atoms with E-state index in [9.17, 15) is 4.79 Å². The number of benzene rings is 1. The molecule has 2 N–H and O–H groups in total. The molecule has 1 aromatic carbocycles. The molecule has 1 aliphatic rings. The molecule has 1 amide bonds. The predicted molar refractivity (Wildman–Crippen MR) is 77.5 cm³/mol. The average molecular weight is 270 g/mol. The normalized spacial score (nSPS) is 18.1. The third-order valence-corrected chi connectivity index (χ3v) is 3.71. The van der Waals surface area contributed by atoms with E-state index in [0.29, 0.717) is 11.8 Å². The van der Waals surface area contributed by atoms with E-state index in [2.05, 4.69) is 22.8 Å². The van der Waals surface area contributed by atoms with Crippen LogP contribution in [0.1, 0.15) is 35.0 Å². The van der Waals surface area contributed by atoms with Gasteiger partial charge in [0.25, 0.3) is 5.91 Å². The van der Waals surface area contributed by atoms with Gasteiger partial charge in [-0.05, 0) is 37.1 Å². The van der Waals surface area contributed by atoms with Gasteiger partial charge in [-0.3, -0.25) is 4.79 Å². The molecule has 1 aliphatic heterocycles. The molecule has 4 nitrogen and oxygen atoms in total. The number of carbonyl (C=O) groups excluding carboxylic acids is 1. The van der Waals surface area contributed by atoms with Crippen molar-refractivity contribution in [3.63, 3.8) is 0 Å². The maximum atomic E-state index is 11.5. The summed E-state index contributed by atoms with van der Waals surface area (Å²) in [5.41, 5.74) is 2.30. The van der Waals surface area contributed by atoms with Crippen LogP contribution in [0.5, 0.6) is 0 Å². The van der Waals surface area contributed by atoms with E-state index in [0.717, 1.165) is 17.9 Å². The zero-order valence-electron chi connectivity index (χ0n) is 11.5. The Morgan fingerprint density at radius 2 is 2.05 bits per heavy atom. The minimum Gasteiger partial charge on any atom is -0.451 e. The molecule has 0 saturated carbocycles. The topological polar surface area (TPSA) is 54.3 Å². The van der Waals surface area contributed by atoms with Crippen molar-refractivity contribution in [2.45, 2.75) is 18.9 Å². The Labute approximate surface area is 118 Å². The standard InChI is InChI=1S/C16H18N2O2/c1-17-16(19)15-9-8-14(20-15)12-6-4-11(5-7-12)13-3-2-10-18-13/h4-9,13,18H,2-3,10H2,1H3,(H,17,19)/t13-/m0/s1. The molecule has 0 aliphatic carbocycles. The van der Waals surface area contributed by atoms with Crippen LogP contribution in [0.4, 0.5) is 0 Å². The molecule has 2 heterocycles. The summed E-state index contributed by atoms with van der Waals surface area (Å²) in [6.07, 6.45) is 2.43. The number of amides is 1. The molecule has 4 heteroatoms. The second-order valence-corrected chi connectivity index (χ2v) is 5.01. The number of carbonyl (C=O) groups is 1. The van der Waals surface area contributed by atoms with E-state index in [4.69, 9.17) is 4.42 Å². The van der Waals surface area contributed by atoms with E-state index in [-0.39, 0.29) is 5.91 Å². The van der Waals surface area contributed by atoms with Crippen LogP contribution < -0.4 is 10.6 Å². The summed E-state index contributed by atoms with van der Waals surface area (Å²) in [6, 6.07) is 12.3. The summed E-state index contributed by atoms with van der Waals surface area (Å²) in [5.74, 6) is 0.849. The van der Waals surface area contributed by atoms with Crippen molar-refractivity contribution < 1.29 is 9.21 Å². The van der Waals surface area contributed by atoms with Crippen molar-refractivity contribution in [1.82, 2.24) is 10.6 Å². The summed E-state index contributed by atoms with van der Waals surface area (Å²) in [5, 5.41) is 6.03. The largest absolute Gasteiger partial charge is 0.451 e. The fraction of sp³-hybridized carbons (Fsp3) is 0.312. The van der Waals surface area contributed by atoms with E-state index in [1.54, 1.807) is 13.1 Å². The van der Waals surface area contributed by atoms with Crippen molar-refractivity contribution in [1.29, 1.82) is 0 Å². The van der Waals surface area contributed by atoms with Gasteiger partial charge in [0.05, 0.1) is 0 Å². The number of rotatable bonds is 3. The zero-order valence-corrected chi connectivity index (χ0v) is 11.5. The summed E-state index contributed by atoms with van der Waals surface area (Å²) in [4.78, 5) is 11.5. The molecular formula is C16H18N2O2. The Hall–Kier alpha value is -2.07. The van der Waals surface area contributed by atoms with Gasteiger partial charge in [0.2, 0.25) is 0 Å². The van der Waals surface area contributed by atoms with Gasteiger partial charge in [-0.2, -0.15) is 0 Å². The van der Waals surface area contributed by atoms with Gasteiger partial charge in [-0.15, -0.1) is 0 Å². The first-order valence-electron chi connectivity index (χ1n) is 6.93. The SMILES string of the molecule is CNC(=O)c1ccc(-c2ccc([C@@H]3CCCN3)cc2)o1. The first kappa shape index (κ1) is 12.9. The monoisotopic (exact) mass is 270 g/mol. The molecule has 3 rings (SSSR count). The maximum absolute atomic E-state index is 11.5. The molecule has 1 atom stereocenters. The minimum absolute atomic E-state index is 0.206. The molecule has 1 aromatic heterocycles. The molecular weight excluding hydrogens is 252 g/mol. The van der Waals surface area contributed by atoms with Gasteiger partial charge in [0, 0.05) is 18.7 Å². The summed E-state index contributed by atoms with van der Waals surface area (Å²) in [6.45, 7) is 1.10. The van der Waals surface area contributed by atoms with Gasteiger partial charge >= 0.3 is 0 Å². The van der Waals surface area contributed by atoms with Gasteiger partial charge in [0.15, 0.2) is 5.76 Å². The summed E-state index contributed by atoms with van der Waals surface area (Å²) in [7, 11) is 1.59. The highest BCUT2D eigenvalue weighted by Gasteiger charge is 2.16. The quantitative estimate of drug-likeness (QED) is 0.901. The van der Waals surface area contributed by atoms with Crippen LogP contribution in [0.2, 0.25) is 0 Å². The smallest absolute Gasteiger partial charge is 0.286 e. The van der Waals surface area contributed by atoms with Gasteiger partial charge in [-0.25, -0.2) is 0 Å². The minimum atomic E-state index is -0.206. The lowest BCUT2D eigenvalue weighted by Crippen LogP contribution is -2.16. The first-order valence-corrected chi connectivity index (χ1v) is 6.93. The Bertz CT molecular complexity index is 595. The van der Waals surface area contributed by atoms with Crippen molar-refractivity contribution in [2.24, 2.45) is 0 Å². The molecule has 0 spiro atoms. The van der Waals surface area contributed by atoms with E-state index in [1.165, 1.54) is 18.4 Å². The molecule has 104 valence electrons. The number of hydrogen-bond donors (Lipinski definition) is 2. The van der Waals surface area contributed by atoms with E-state index < -0.39 is 0 Å². The van der Waals surface area contributed by atoms with Gasteiger partial charge < -0.3 is 15.1 Å². The fourth-order valence-electron chi connectivity index (χ4n) is 2.59. The van der Waals surface area contributed by atoms with Crippen LogP contribution in [0, 0.1) is 0 Å². The molecule has 1 saturated heterocycles. The highest BCUT2D eigenvalue weighted by Crippen LogP contribution is 2.27. The Kier molecular flexibility index (Phi) is 3.56. The Morgan fingerprint density at radius 3 is 2.70 bits per heavy atom. The highest BCUT2D eigenvalue weighted by atomic mass is 16.3. The summed E-state index contributed by atoms with van der Waals surface area (Å²) >= 11 is 0. The Morgan fingerprint density at radius 1 is 1.25 bits per heavy atom. The van der Waals surface area contributed by atoms with Crippen LogP contribution in [0.15, 0.2) is 40.8 Å². The van der Waals surface area contributed by atoms with Crippen LogP contribution >= 0.6 is 0 Å². The maximum Gasteiger partial charge on any atom is 0.286 e. The van der Waals surface area contributed by atoms with Crippen LogP contribution in [-0.2, 0) is 0 Å². The third kappa shape index (κ3) is 2.47. The van der Waals surface area contributed by atoms with E-state index >= 15 is 0 Å². The van der Waals surface area contributed by atoms with Crippen molar-refractivity contribution in [3.05, 3.63) is 47.7 Å².